The van der Waals surface area contributed by atoms with Crippen LogP contribution in [0.2, 0.25) is 0 Å². The van der Waals surface area contributed by atoms with Crippen LogP contribution in [0.5, 0.6) is 0 Å². The largest absolute Gasteiger partial charge is 0.356 e. The highest BCUT2D eigenvalue weighted by Crippen LogP contribution is 2.25. The first-order chi connectivity index (χ1) is 9.78. The molecule has 0 spiro atoms. The number of halogens is 1. The monoisotopic (exact) mass is 420 g/mol. The molecule has 0 aromatic carbocycles. The van der Waals surface area contributed by atoms with Crippen LogP contribution >= 0.6 is 35.7 Å². The number of nitrogens with one attached hydrogen (secondary N) is 2. The van der Waals surface area contributed by atoms with Crippen LogP contribution in [-0.4, -0.2) is 42.1 Å². The highest BCUT2D eigenvalue weighted by atomic mass is 127. The van der Waals surface area contributed by atoms with Crippen molar-refractivity contribution in [3.05, 3.63) is 29.6 Å². The summed E-state index contributed by atoms with van der Waals surface area (Å²) in [4.78, 5) is 8.57. The van der Waals surface area contributed by atoms with Gasteiger partial charge in [0.2, 0.25) is 0 Å². The topological polar surface area (TPSA) is 49.3 Å². The summed E-state index contributed by atoms with van der Waals surface area (Å²) in [6, 6.07) is 4.19. The minimum Gasteiger partial charge on any atom is -0.356 e. The maximum atomic E-state index is 4.31. The van der Waals surface area contributed by atoms with Gasteiger partial charge in [-0.2, -0.15) is 11.8 Å². The lowest BCUT2D eigenvalue weighted by Gasteiger charge is -2.14. The molecule has 1 saturated heterocycles. The lowest BCUT2D eigenvalue weighted by atomic mass is 10.2. The van der Waals surface area contributed by atoms with Gasteiger partial charge in [-0.05, 0) is 43.6 Å². The van der Waals surface area contributed by atoms with Gasteiger partial charge in [0.1, 0.15) is 0 Å². The van der Waals surface area contributed by atoms with Gasteiger partial charge in [-0.1, -0.05) is 6.07 Å². The molecule has 1 unspecified atom stereocenters. The molecular weight excluding hydrogens is 395 g/mol. The molecule has 21 heavy (non-hydrogen) atoms. The first-order valence-electron chi connectivity index (χ1n) is 7.25. The second kappa shape index (κ2) is 10.3. The van der Waals surface area contributed by atoms with E-state index >= 15 is 0 Å². The Labute approximate surface area is 149 Å². The fourth-order valence-electron chi connectivity index (χ4n) is 2.21. The zero-order valence-electron chi connectivity index (χ0n) is 12.8. The van der Waals surface area contributed by atoms with Crippen LogP contribution < -0.4 is 10.6 Å². The van der Waals surface area contributed by atoms with Crippen LogP contribution in [-0.2, 0) is 6.42 Å². The zero-order chi connectivity index (χ0) is 14.2. The number of aryl methyl sites for hydroxylation is 1. The molecule has 0 aliphatic carbocycles. The summed E-state index contributed by atoms with van der Waals surface area (Å²) >= 11 is 2.06. The Bertz CT molecular complexity index is 430. The van der Waals surface area contributed by atoms with Crippen LogP contribution in [0.1, 0.15) is 24.1 Å². The van der Waals surface area contributed by atoms with Crippen molar-refractivity contribution < 1.29 is 0 Å². The molecule has 1 atom stereocenters. The van der Waals surface area contributed by atoms with Crippen molar-refractivity contribution in [2.75, 3.05) is 25.9 Å². The van der Waals surface area contributed by atoms with Crippen molar-refractivity contribution >= 4 is 41.7 Å². The number of aliphatic imine (C=N–C) groups is 1. The Balaban J connectivity index is 0.00000220. The molecule has 0 amide bonds. The highest BCUT2D eigenvalue weighted by Gasteiger charge is 2.15. The van der Waals surface area contributed by atoms with Gasteiger partial charge in [-0.25, -0.2) is 0 Å². The van der Waals surface area contributed by atoms with Crippen molar-refractivity contribution in [3.8, 4) is 0 Å². The maximum absolute atomic E-state index is 4.31. The molecule has 2 N–H and O–H groups in total. The van der Waals surface area contributed by atoms with Crippen molar-refractivity contribution in [3.63, 3.8) is 0 Å². The fourth-order valence-corrected chi connectivity index (χ4v) is 3.41. The van der Waals surface area contributed by atoms with Gasteiger partial charge in [0.05, 0.1) is 0 Å². The lowest BCUT2D eigenvalue weighted by molar-refractivity contribution is 0.724. The summed E-state index contributed by atoms with van der Waals surface area (Å²) < 4.78 is 0. The molecule has 2 rings (SSSR count). The first kappa shape index (κ1) is 18.5. The third-order valence-corrected chi connectivity index (χ3v) is 4.82. The number of nitrogens with zero attached hydrogens (tertiary/aromatic N) is 2. The maximum Gasteiger partial charge on any atom is 0.191 e. The van der Waals surface area contributed by atoms with E-state index in [2.05, 4.69) is 44.5 Å². The average molecular weight is 420 g/mol. The van der Waals surface area contributed by atoms with E-state index in [4.69, 9.17) is 0 Å². The molecule has 1 aromatic heterocycles. The minimum absolute atomic E-state index is 0. The number of rotatable bonds is 5. The third-order valence-electron chi connectivity index (χ3n) is 3.42. The van der Waals surface area contributed by atoms with Crippen molar-refractivity contribution in [2.45, 2.75) is 31.4 Å². The Hall–Kier alpha value is -0.500. The van der Waals surface area contributed by atoms with E-state index in [0.29, 0.717) is 0 Å². The standard InChI is InChI=1S/C15H24N4S.HI/c1-12-5-6-13(10-18-12)7-8-17-15(16-2)19-11-14-4-3-9-20-14;/h5-6,10,14H,3-4,7-9,11H2,1-2H3,(H2,16,17,19);1H. The number of thioether (sulfide) groups is 1. The minimum atomic E-state index is 0. The van der Waals surface area contributed by atoms with Crippen LogP contribution in [0.15, 0.2) is 23.3 Å². The van der Waals surface area contributed by atoms with Gasteiger partial charge in [0.15, 0.2) is 5.96 Å². The van der Waals surface area contributed by atoms with Crippen molar-refractivity contribution in [2.24, 2.45) is 4.99 Å². The molecule has 6 heteroatoms. The van der Waals surface area contributed by atoms with E-state index in [0.717, 1.165) is 36.4 Å². The summed E-state index contributed by atoms with van der Waals surface area (Å²) in [6.45, 7) is 3.90. The predicted molar refractivity (Wildman–Crippen MR) is 103 cm³/mol. The highest BCUT2D eigenvalue weighted by molar-refractivity contribution is 14.0. The second-order valence-corrected chi connectivity index (χ2v) is 6.48. The predicted octanol–water partition coefficient (Wildman–Crippen LogP) is 2.61. The molecule has 4 nitrogen and oxygen atoms in total. The molecule has 0 bridgehead atoms. The molecular formula is C15H25IN4S. The molecule has 1 fully saturated rings. The quantitative estimate of drug-likeness (QED) is 0.437. The normalized spacial score (nSPS) is 18.2. The van der Waals surface area contributed by atoms with Crippen molar-refractivity contribution in [1.29, 1.82) is 0 Å². The number of hydrogen-bond donors (Lipinski definition) is 2. The second-order valence-electron chi connectivity index (χ2n) is 5.07. The van der Waals surface area contributed by atoms with Crippen LogP contribution in [0.25, 0.3) is 0 Å². The average Bonchev–Trinajstić information content (AvgIpc) is 2.98. The fraction of sp³-hybridized carbons (Fsp3) is 0.600. The van der Waals surface area contributed by atoms with E-state index in [1.807, 2.05) is 20.2 Å². The van der Waals surface area contributed by atoms with Crippen LogP contribution in [0, 0.1) is 6.92 Å². The van der Waals surface area contributed by atoms with Crippen LogP contribution in [0.4, 0.5) is 0 Å². The molecule has 1 aromatic rings. The summed E-state index contributed by atoms with van der Waals surface area (Å²) in [7, 11) is 1.82. The number of guanidine groups is 1. The molecule has 0 radical (unpaired) electrons. The Kier molecular flexibility index (Phi) is 9.07. The van der Waals surface area contributed by atoms with Gasteiger partial charge in [0.25, 0.3) is 0 Å². The summed E-state index contributed by atoms with van der Waals surface area (Å²) in [5, 5.41) is 7.51. The van der Waals surface area contributed by atoms with Crippen LogP contribution in [0.3, 0.4) is 0 Å². The molecule has 0 saturated carbocycles. The summed E-state index contributed by atoms with van der Waals surface area (Å²) in [5.74, 6) is 2.20. The Morgan fingerprint density at radius 2 is 2.29 bits per heavy atom. The van der Waals surface area contributed by atoms with Crippen molar-refractivity contribution in [1.82, 2.24) is 15.6 Å². The number of pyridine rings is 1. The zero-order valence-corrected chi connectivity index (χ0v) is 15.9. The lowest BCUT2D eigenvalue weighted by Crippen LogP contribution is -2.40. The summed E-state index contributed by atoms with van der Waals surface area (Å²) in [6.07, 6.45) is 5.59. The van der Waals surface area contributed by atoms with Gasteiger partial charge >= 0.3 is 0 Å². The number of aromatic nitrogens is 1. The Morgan fingerprint density at radius 3 is 2.90 bits per heavy atom. The van der Waals surface area contributed by atoms with E-state index in [-0.39, 0.29) is 24.0 Å². The number of hydrogen-bond acceptors (Lipinski definition) is 3. The van der Waals surface area contributed by atoms with E-state index in [9.17, 15) is 0 Å². The first-order valence-corrected chi connectivity index (χ1v) is 8.30. The third kappa shape index (κ3) is 6.86. The van der Waals surface area contributed by atoms with Gasteiger partial charge in [-0.3, -0.25) is 9.98 Å². The Morgan fingerprint density at radius 1 is 1.43 bits per heavy atom. The smallest absolute Gasteiger partial charge is 0.191 e. The van der Waals surface area contributed by atoms with Gasteiger partial charge < -0.3 is 10.6 Å². The molecule has 1 aliphatic heterocycles. The molecule has 1 aliphatic rings. The van der Waals surface area contributed by atoms with E-state index in [1.54, 1.807) is 0 Å². The van der Waals surface area contributed by atoms with E-state index < -0.39 is 0 Å². The molecule has 2 heterocycles. The SMILES string of the molecule is CN=C(NCCc1ccc(C)nc1)NCC1CCCS1.I. The molecule has 118 valence electrons. The van der Waals surface area contributed by atoms with Gasteiger partial charge in [-0.15, -0.1) is 24.0 Å². The summed E-state index contributed by atoms with van der Waals surface area (Å²) in [5.41, 5.74) is 2.32. The van der Waals surface area contributed by atoms with E-state index in [1.165, 1.54) is 24.2 Å². The van der Waals surface area contributed by atoms with Gasteiger partial charge in [0, 0.05) is 37.3 Å².